The van der Waals surface area contributed by atoms with E-state index in [9.17, 15) is 9.59 Å². The van der Waals surface area contributed by atoms with Gasteiger partial charge in [0.05, 0.1) is 12.3 Å². The SMILES string of the molecule is O=C(O)C1Cc2ccc(CC(=O)n3ccnc3)cc2C1. The molecule has 0 fully saturated rings. The van der Waals surface area contributed by atoms with Crippen molar-refractivity contribution in [2.24, 2.45) is 5.92 Å². The molecule has 1 unspecified atom stereocenters. The third kappa shape index (κ3) is 2.34. The highest BCUT2D eigenvalue weighted by molar-refractivity contribution is 5.81. The lowest BCUT2D eigenvalue weighted by Gasteiger charge is -2.04. The lowest BCUT2D eigenvalue weighted by molar-refractivity contribution is -0.141. The Bertz CT molecular complexity index is 662. The number of imidazole rings is 1. The number of aromatic nitrogens is 2. The van der Waals surface area contributed by atoms with Crippen molar-refractivity contribution in [3.63, 3.8) is 0 Å². The van der Waals surface area contributed by atoms with Gasteiger partial charge in [0.25, 0.3) is 0 Å². The molecule has 102 valence electrons. The molecular formula is C15H14N2O3. The van der Waals surface area contributed by atoms with Crippen molar-refractivity contribution in [1.29, 1.82) is 0 Å². The molecular weight excluding hydrogens is 256 g/mol. The molecule has 0 saturated carbocycles. The van der Waals surface area contributed by atoms with Crippen LogP contribution in [0.2, 0.25) is 0 Å². The second-order valence-corrected chi connectivity index (χ2v) is 5.09. The maximum atomic E-state index is 12.0. The van der Waals surface area contributed by atoms with Crippen LogP contribution >= 0.6 is 0 Å². The standard InChI is InChI=1S/C15H14N2O3/c18-14(17-4-3-16-9-17)6-10-1-2-11-7-13(15(19)20)8-12(11)5-10/h1-5,9,13H,6-8H2,(H,19,20). The lowest BCUT2D eigenvalue weighted by Crippen LogP contribution is -2.13. The molecule has 5 heteroatoms. The quantitative estimate of drug-likeness (QED) is 0.918. The van der Waals surface area contributed by atoms with Crippen molar-refractivity contribution in [3.05, 3.63) is 53.6 Å². The highest BCUT2D eigenvalue weighted by Crippen LogP contribution is 2.28. The minimum Gasteiger partial charge on any atom is -0.481 e. The molecule has 1 aliphatic rings. The van der Waals surface area contributed by atoms with Crippen molar-refractivity contribution in [2.45, 2.75) is 19.3 Å². The van der Waals surface area contributed by atoms with E-state index in [0.717, 1.165) is 16.7 Å². The Hall–Kier alpha value is -2.43. The number of carboxylic acid groups (broad SMARTS) is 1. The predicted molar refractivity (Wildman–Crippen MR) is 71.5 cm³/mol. The first-order valence-electron chi connectivity index (χ1n) is 6.48. The molecule has 0 saturated heterocycles. The zero-order valence-corrected chi connectivity index (χ0v) is 10.8. The number of aliphatic carboxylic acids is 1. The summed E-state index contributed by atoms with van der Waals surface area (Å²) in [5.41, 5.74) is 3.04. The lowest BCUT2D eigenvalue weighted by atomic mass is 10.0. The van der Waals surface area contributed by atoms with Crippen LogP contribution in [0, 0.1) is 5.92 Å². The summed E-state index contributed by atoms with van der Waals surface area (Å²) in [6.45, 7) is 0. The number of hydrogen-bond acceptors (Lipinski definition) is 3. The molecule has 1 aliphatic carbocycles. The molecule has 5 nitrogen and oxygen atoms in total. The zero-order valence-electron chi connectivity index (χ0n) is 10.8. The largest absolute Gasteiger partial charge is 0.481 e. The summed E-state index contributed by atoms with van der Waals surface area (Å²) in [6.07, 6.45) is 6.10. The number of hydrogen-bond donors (Lipinski definition) is 1. The Labute approximate surface area is 115 Å². The third-order valence-corrected chi connectivity index (χ3v) is 3.70. The van der Waals surface area contributed by atoms with Gasteiger partial charge >= 0.3 is 5.97 Å². The van der Waals surface area contributed by atoms with Gasteiger partial charge in [0.15, 0.2) is 0 Å². The second-order valence-electron chi connectivity index (χ2n) is 5.09. The van der Waals surface area contributed by atoms with Crippen LogP contribution in [0.15, 0.2) is 36.9 Å². The van der Waals surface area contributed by atoms with Gasteiger partial charge in [-0.15, -0.1) is 0 Å². The topological polar surface area (TPSA) is 72.2 Å². The summed E-state index contributed by atoms with van der Waals surface area (Å²) in [5, 5.41) is 9.06. The highest BCUT2D eigenvalue weighted by atomic mass is 16.4. The summed E-state index contributed by atoms with van der Waals surface area (Å²) >= 11 is 0. The van der Waals surface area contributed by atoms with Crippen LogP contribution in [-0.2, 0) is 24.1 Å². The molecule has 20 heavy (non-hydrogen) atoms. The minimum absolute atomic E-state index is 0.0461. The molecule has 0 amide bonds. The van der Waals surface area contributed by atoms with Gasteiger partial charge in [-0.05, 0) is 29.5 Å². The maximum absolute atomic E-state index is 12.0. The van der Waals surface area contributed by atoms with E-state index in [2.05, 4.69) is 4.98 Å². The van der Waals surface area contributed by atoms with Gasteiger partial charge < -0.3 is 5.11 Å². The highest BCUT2D eigenvalue weighted by Gasteiger charge is 2.27. The van der Waals surface area contributed by atoms with E-state index in [0.29, 0.717) is 19.3 Å². The molecule has 0 aliphatic heterocycles. The second kappa shape index (κ2) is 4.92. The van der Waals surface area contributed by atoms with E-state index in [4.69, 9.17) is 5.11 Å². The van der Waals surface area contributed by atoms with E-state index >= 15 is 0 Å². The average molecular weight is 270 g/mol. The van der Waals surface area contributed by atoms with Crippen LogP contribution in [-0.4, -0.2) is 26.5 Å². The van der Waals surface area contributed by atoms with Gasteiger partial charge in [0.2, 0.25) is 5.91 Å². The van der Waals surface area contributed by atoms with Gasteiger partial charge in [-0.1, -0.05) is 18.2 Å². The summed E-state index contributed by atoms with van der Waals surface area (Å²) in [4.78, 5) is 26.8. The van der Waals surface area contributed by atoms with Gasteiger partial charge in [0.1, 0.15) is 6.33 Å². The number of fused-ring (bicyclic) bond motifs is 1. The number of carboxylic acids is 1. The minimum atomic E-state index is -0.753. The summed E-state index contributed by atoms with van der Waals surface area (Å²) in [6, 6.07) is 5.79. The molecule has 3 rings (SSSR count). The van der Waals surface area contributed by atoms with Gasteiger partial charge in [-0.2, -0.15) is 0 Å². The van der Waals surface area contributed by atoms with E-state index in [1.165, 1.54) is 10.9 Å². The Morgan fingerprint density at radius 1 is 1.30 bits per heavy atom. The predicted octanol–water partition coefficient (Wildman–Crippen LogP) is 1.57. The van der Waals surface area contributed by atoms with Crippen molar-refractivity contribution in [3.8, 4) is 0 Å². The normalized spacial score (nSPS) is 16.9. The van der Waals surface area contributed by atoms with Gasteiger partial charge in [-0.3, -0.25) is 14.2 Å². The molecule has 1 heterocycles. The average Bonchev–Trinajstić information content (AvgIpc) is 3.07. The molecule has 1 atom stereocenters. The smallest absolute Gasteiger partial charge is 0.307 e. The van der Waals surface area contributed by atoms with Crippen LogP contribution in [0.1, 0.15) is 21.5 Å². The Morgan fingerprint density at radius 2 is 2.10 bits per heavy atom. The molecule has 2 aromatic rings. The summed E-state index contributed by atoms with van der Waals surface area (Å²) in [5.74, 6) is -1.13. The van der Waals surface area contributed by atoms with Crippen molar-refractivity contribution < 1.29 is 14.7 Å². The Morgan fingerprint density at radius 3 is 2.80 bits per heavy atom. The first-order valence-corrected chi connectivity index (χ1v) is 6.48. The molecule has 1 aromatic heterocycles. The van der Waals surface area contributed by atoms with Crippen LogP contribution in [0.4, 0.5) is 0 Å². The van der Waals surface area contributed by atoms with Gasteiger partial charge in [-0.25, -0.2) is 4.98 Å². The summed E-state index contributed by atoms with van der Waals surface area (Å²) in [7, 11) is 0. The number of benzene rings is 1. The summed E-state index contributed by atoms with van der Waals surface area (Å²) < 4.78 is 1.45. The maximum Gasteiger partial charge on any atom is 0.307 e. The fourth-order valence-corrected chi connectivity index (χ4v) is 2.63. The molecule has 1 aromatic carbocycles. The monoisotopic (exact) mass is 270 g/mol. The fourth-order valence-electron chi connectivity index (χ4n) is 2.63. The first-order chi connectivity index (χ1) is 9.63. The van der Waals surface area contributed by atoms with Crippen molar-refractivity contribution in [1.82, 2.24) is 9.55 Å². The van der Waals surface area contributed by atoms with Crippen LogP contribution < -0.4 is 0 Å². The number of carbonyl (C=O) groups excluding carboxylic acids is 1. The van der Waals surface area contributed by atoms with E-state index in [1.54, 1.807) is 12.4 Å². The van der Waals surface area contributed by atoms with Crippen LogP contribution in [0.5, 0.6) is 0 Å². The number of nitrogens with zero attached hydrogens (tertiary/aromatic N) is 2. The Kier molecular flexibility index (Phi) is 3.10. The first kappa shape index (κ1) is 12.6. The van der Waals surface area contributed by atoms with E-state index < -0.39 is 5.97 Å². The molecule has 0 radical (unpaired) electrons. The molecule has 1 N–H and O–H groups in total. The van der Waals surface area contributed by atoms with Crippen LogP contribution in [0.25, 0.3) is 0 Å². The molecule has 0 spiro atoms. The zero-order chi connectivity index (χ0) is 14.1. The molecule has 0 bridgehead atoms. The van der Waals surface area contributed by atoms with Crippen molar-refractivity contribution >= 4 is 11.9 Å². The fraction of sp³-hybridized carbons (Fsp3) is 0.267. The van der Waals surface area contributed by atoms with E-state index in [-0.39, 0.29) is 11.8 Å². The van der Waals surface area contributed by atoms with E-state index in [1.807, 2.05) is 18.2 Å². The Balaban J connectivity index is 1.76. The van der Waals surface area contributed by atoms with Crippen molar-refractivity contribution in [2.75, 3.05) is 0 Å². The number of carbonyl (C=O) groups is 2. The number of rotatable bonds is 3. The third-order valence-electron chi connectivity index (χ3n) is 3.70. The van der Waals surface area contributed by atoms with Gasteiger partial charge in [0, 0.05) is 12.4 Å². The van der Waals surface area contributed by atoms with Crippen LogP contribution in [0.3, 0.4) is 0 Å².